The molecule has 1 aliphatic rings. The Bertz CT molecular complexity index is 643. The van der Waals surface area contributed by atoms with Crippen LogP contribution >= 0.6 is 0 Å². The summed E-state index contributed by atoms with van der Waals surface area (Å²) in [4.78, 5) is 11.1. The van der Waals surface area contributed by atoms with Gasteiger partial charge in [-0.25, -0.2) is 4.98 Å². The predicted molar refractivity (Wildman–Crippen MR) is 84.1 cm³/mol. The third kappa shape index (κ3) is 3.97. The van der Waals surface area contributed by atoms with Crippen LogP contribution in [0.25, 0.3) is 0 Å². The van der Waals surface area contributed by atoms with Gasteiger partial charge >= 0.3 is 0 Å². The molecule has 1 N–H and O–H groups in total. The van der Waals surface area contributed by atoms with E-state index in [0.29, 0.717) is 43.8 Å². The van der Waals surface area contributed by atoms with Gasteiger partial charge in [0.1, 0.15) is 18.0 Å². The average Bonchev–Trinajstić information content (AvgIpc) is 3.24. The van der Waals surface area contributed by atoms with Crippen LogP contribution in [-0.2, 0) is 22.4 Å². The van der Waals surface area contributed by atoms with Gasteiger partial charge in [-0.3, -0.25) is 10.00 Å². The molecular formula is C15H24N6O3. The normalized spacial score (nSPS) is 20.4. The molecule has 0 saturated carbocycles. The molecular weight excluding hydrogens is 312 g/mol. The minimum absolute atomic E-state index is 0.139. The number of aromatic nitrogens is 5. The summed E-state index contributed by atoms with van der Waals surface area (Å²) < 4.78 is 16.6. The summed E-state index contributed by atoms with van der Waals surface area (Å²) in [5.74, 6) is 2.74. The van der Waals surface area contributed by atoms with Crippen molar-refractivity contribution in [1.29, 1.82) is 0 Å². The molecule has 3 rings (SSSR count). The summed E-state index contributed by atoms with van der Waals surface area (Å²) in [6, 6.07) is 0. The van der Waals surface area contributed by atoms with Crippen LogP contribution in [0.1, 0.15) is 56.3 Å². The first kappa shape index (κ1) is 17.0. The molecule has 0 aromatic carbocycles. The lowest BCUT2D eigenvalue weighted by Crippen LogP contribution is -2.38. The summed E-state index contributed by atoms with van der Waals surface area (Å²) in [5.41, 5.74) is 0. The summed E-state index contributed by atoms with van der Waals surface area (Å²) >= 11 is 0. The lowest BCUT2D eigenvalue weighted by Gasteiger charge is -2.30. The number of morpholine rings is 1. The minimum Gasteiger partial charge on any atom is -0.371 e. The van der Waals surface area contributed by atoms with E-state index in [2.05, 4.69) is 30.2 Å². The summed E-state index contributed by atoms with van der Waals surface area (Å²) in [5, 5.41) is 11.2. The number of aryl methyl sites for hydroxylation is 1. The standard InChI is InChI=1S/C15H24N6O3/c1-4-12-16-15(19-18-12)11-8-21(6-7-23-11)9-13-17-14(20-24-13)10(3)22-5-2/h10-11H,4-9H2,1-3H3,(H,16,18,19). The van der Waals surface area contributed by atoms with Crippen LogP contribution in [0.4, 0.5) is 0 Å². The fourth-order valence-corrected chi connectivity index (χ4v) is 2.63. The smallest absolute Gasteiger partial charge is 0.240 e. The van der Waals surface area contributed by atoms with E-state index in [1.54, 1.807) is 0 Å². The fourth-order valence-electron chi connectivity index (χ4n) is 2.63. The van der Waals surface area contributed by atoms with E-state index in [1.165, 1.54) is 0 Å². The zero-order chi connectivity index (χ0) is 16.9. The molecule has 0 aliphatic carbocycles. The van der Waals surface area contributed by atoms with Crippen molar-refractivity contribution in [2.45, 2.75) is 45.9 Å². The number of aromatic amines is 1. The highest BCUT2D eigenvalue weighted by Crippen LogP contribution is 2.21. The van der Waals surface area contributed by atoms with E-state index < -0.39 is 0 Å². The van der Waals surface area contributed by atoms with Gasteiger partial charge in [-0.1, -0.05) is 12.1 Å². The molecule has 0 bridgehead atoms. The Kier molecular flexibility index (Phi) is 5.54. The van der Waals surface area contributed by atoms with Gasteiger partial charge in [-0.05, 0) is 13.8 Å². The molecule has 2 unspecified atom stereocenters. The molecule has 24 heavy (non-hydrogen) atoms. The molecule has 2 aromatic rings. The Morgan fingerprint density at radius 1 is 1.38 bits per heavy atom. The zero-order valence-electron chi connectivity index (χ0n) is 14.4. The van der Waals surface area contributed by atoms with Crippen LogP contribution in [0.3, 0.4) is 0 Å². The minimum atomic E-state index is -0.161. The van der Waals surface area contributed by atoms with Crippen LogP contribution in [0.15, 0.2) is 4.52 Å². The molecule has 0 spiro atoms. The fraction of sp³-hybridized carbons (Fsp3) is 0.733. The Morgan fingerprint density at radius 3 is 3.00 bits per heavy atom. The second-order valence-electron chi connectivity index (χ2n) is 5.73. The topological polar surface area (TPSA) is 102 Å². The van der Waals surface area contributed by atoms with E-state index in [-0.39, 0.29) is 12.2 Å². The van der Waals surface area contributed by atoms with Gasteiger partial charge in [0.15, 0.2) is 11.6 Å². The SMILES string of the molecule is CCOC(C)c1noc(CN2CCOC(c3n[nH]c(CC)n3)C2)n1. The van der Waals surface area contributed by atoms with Gasteiger partial charge in [-0.15, -0.1) is 0 Å². The largest absolute Gasteiger partial charge is 0.371 e. The van der Waals surface area contributed by atoms with Crippen LogP contribution in [-0.4, -0.2) is 56.5 Å². The highest BCUT2D eigenvalue weighted by atomic mass is 16.5. The third-order valence-corrected chi connectivity index (χ3v) is 3.95. The highest BCUT2D eigenvalue weighted by Gasteiger charge is 2.26. The van der Waals surface area contributed by atoms with Crippen molar-refractivity contribution in [3.8, 4) is 0 Å². The molecule has 2 aromatic heterocycles. The molecule has 9 nitrogen and oxygen atoms in total. The van der Waals surface area contributed by atoms with Crippen LogP contribution < -0.4 is 0 Å². The Hall–Kier alpha value is -1.84. The summed E-state index contributed by atoms with van der Waals surface area (Å²) in [6.45, 7) is 9.21. The van der Waals surface area contributed by atoms with Gasteiger partial charge in [0.05, 0.1) is 13.2 Å². The van der Waals surface area contributed by atoms with Crippen molar-refractivity contribution >= 4 is 0 Å². The first-order chi connectivity index (χ1) is 11.7. The maximum atomic E-state index is 5.79. The summed E-state index contributed by atoms with van der Waals surface area (Å²) in [6.07, 6.45) is 0.525. The number of nitrogens with one attached hydrogen (secondary N) is 1. The van der Waals surface area contributed by atoms with E-state index in [4.69, 9.17) is 14.0 Å². The number of nitrogens with zero attached hydrogens (tertiary/aromatic N) is 5. The van der Waals surface area contributed by atoms with E-state index in [9.17, 15) is 0 Å². The molecule has 1 fully saturated rings. The second-order valence-corrected chi connectivity index (χ2v) is 5.73. The first-order valence-corrected chi connectivity index (χ1v) is 8.38. The lowest BCUT2D eigenvalue weighted by atomic mass is 10.2. The first-order valence-electron chi connectivity index (χ1n) is 8.38. The number of hydrogen-bond acceptors (Lipinski definition) is 8. The van der Waals surface area contributed by atoms with Crippen molar-refractivity contribution < 1.29 is 14.0 Å². The quantitative estimate of drug-likeness (QED) is 0.810. The average molecular weight is 336 g/mol. The van der Waals surface area contributed by atoms with E-state index in [1.807, 2.05) is 20.8 Å². The van der Waals surface area contributed by atoms with Crippen molar-refractivity contribution in [3.05, 3.63) is 23.4 Å². The van der Waals surface area contributed by atoms with Crippen molar-refractivity contribution in [2.24, 2.45) is 0 Å². The predicted octanol–water partition coefficient (Wildman–Crippen LogP) is 1.42. The number of ether oxygens (including phenoxy) is 2. The van der Waals surface area contributed by atoms with E-state index in [0.717, 1.165) is 18.8 Å². The van der Waals surface area contributed by atoms with Crippen molar-refractivity contribution in [3.63, 3.8) is 0 Å². The lowest BCUT2D eigenvalue weighted by molar-refractivity contribution is -0.0396. The van der Waals surface area contributed by atoms with Gasteiger partial charge in [-0.2, -0.15) is 10.1 Å². The van der Waals surface area contributed by atoms with Crippen molar-refractivity contribution in [2.75, 3.05) is 26.3 Å². The molecule has 0 radical (unpaired) electrons. The maximum Gasteiger partial charge on any atom is 0.240 e. The number of hydrogen-bond donors (Lipinski definition) is 1. The highest BCUT2D eigenvalue weighted by molar-refractivity contribution is 4.97. The maximum absolute atomic E-state index is 5.79. The summed E-state index contributed by atoms with van der Waals surface area (Å²) in [7, 11) is 0. The van der Waals surface area contributed by atoms with Gasteiger partial charge in [0.25, 0.3) is 0 Å². The van der Waals surface area contributed by atoms with Crippen LogP contribution in [0.5, 0.6) is 0 Å². The van der Waals surface area contributed by atoms with Crippen LogP contribution in [0, 0.1) is 0 Å². The molecule has 1 saturated heterocycles. The Balaban J connectivity index is 1.59. The number of H-pyrrole nitrogens is 1. The Labute approximate surface area is 140 Å². The zero-order valence-corrected chi connectivity index (χ0v) is 14.4. The van der Waals surface area contributed by atoms with Gasteiger partial charge < -0.3 is 14.0 Å². The molecule has 2 atom stereocenters. The molecule has 132 valence electrons. The number of rotatable bonds is 7. The van der Waals surface area contributed by atoms with Crippen molar-refractivity contribution in [1.82, 2.24) is 30.2 Å². The third-order valence-electron chi connectivity index (χ3n) is 3.95. The van der Waals surface area contributed by atoms with Gasteiger partial charge in [0.2, 0.25) is 5.89 Å². The van der Waals surface area contributed by atoms with E-state index >= 15 is 0 Å². The molecule has 3 heterocycles. The van der Waals surface area contributed by atoms with Gasteiger partial charge in [0, 0.05) is 26.1 Å². The molecule has 0 amide bonds. The van der Waals surface area contributed by atoms with Crippen LogP contribution in [0.2, 0.25) is 0 Å². The second kappa shape index (κ2) is 7.82. The Morgan fingerprint density at radius 2 is 2.25 bits per heavy atom. The molecule has 1 aliphatic heterocycles. The molecule has 9 heteroatoms. The monoisotopic (exact) mass is 336 g/mol.